The van der Waals surface area contributed by atoms with Crippen LogP contribution in [0.3, 0.4) is 0 Å². The predicted octanol–water partition coefficient (Wildman–Crippen LogP) is 2.07. The van der Waals surface area contributed by atoms with Crippen LogP contribution in [-0.2, 0) is 16.4 Å². The van der Waals surface area contributed by atoms with E-state index < -0.39 is 10.0 Å². The summed E-state index contributed by atoms with van der Waals surface area (Å²) in [5.41, 5.74) is 1.60. The van der Waals surface area contributed by atoms with E-state index in [2.05, 4.69) is 19.9 Å². The molecule has 0 unspecified atom stereocenters. The molecular formula is C18H25N5O3S. The summed E-state index contributed by atoms with van der Waals surface area (Å²) in [7, 11) is -3.46. The fourth-order valence-corrected chi connectivity index (χ4v) is 3.86. The Morgan fingerprint density at radius 2 is 2.04 bits per heavy atom. The van der Waals surface area contributed by atoms with E-state index in [4.69, 9.17) is 0 Å². The Bertz CT molecular complexity index is 930. The van der Waals surface area contributed by atoms with Crippen LogP contribution in [0, 0.1) is 6.92 Å². The van der Waals surface area contributed by atoms with Crippen molar-refractivity contribution in [2.75, 3.05) is 24.1 Å². The van der Waals surface area contributed by atoms with E-state index in [1.54, 1.807) is 23.1 Å². The van der Waals surface area contributed by atoms with Crippen LogP contribution in [0.2, 0.25) is 0 Å². The minimum absolute atomic E-state index is 0.160. The van der Waals surface area contributed by atoms with Gasteiger partial charge in [-0.05, 0) is 31.9 Å². The van der Waals surface area contributed by atoms with Crippen molar-refractivity contribution in [1.82, 2.24) is 20.1 Å². The zero-order valence-electron chi connectivity index (χ0n) is 15.8. The highest BCUT2D eigenvalue weighted by molar-refractivity contribution is 7.92. The molecule has 1 aliphatic heterocycles. The van der Waals surface area contributed by atoms with Crippen LogP contribution in [0.25, 0.3) is 0 Å². The lowest BCUT2D eigenvalue weighted by Gasteiger charge is -2.31. The van der Waals surface area contributed by atoms with Gasteiger partial charge in [0.05, 0.1) is 17.5 Å². The Kier molecular flexibility index (Phi) is 5.50. The second-order valence-electron chi connectivity index (χ2n) is 6.98. The Labute approximate surface area is 159 Å². The number of amides is 1. The largest absolute Gasteiger partial charge is 0.339 e. The molecule has 2 heterocycles. The first-order chi connectivity index (χ1) is 12.8. The number of aromatic nitrogens is 3. The molecular weight excluding hydrogens is 366 g/mol. The van der Waals surface area contributed by atoms with Gasteiger partial charge >= 0.3 is 0 Å². The molecule has 146 valence electrons. The molecule has 0 radical (unpaired) electrons. The first-order valence-electron chi connectivity index (χ1n) is 9.05. The van der Waals surface area contributed by atoms with E-state index in [0.29, 0.717) is 24.3 Å². The maximum atomic E-state index is 13.0. The first-order valence-corrected chi connectivity index (χ1v) is 10.9. The summed E-state index contributed by atoms with van der Waals surface area (Å²) in [6, 6.07) is 5.14. The number of nitrogens with one attached hydrogen (secondary N) is 2. The molecule has 3 rings (SSSR count). The lowest BCUT2D eigenvalue weighted by Crippen LogP contribution is -2.38. The van der Waals surface area contributed by atoms with Crippen molar-refractivity contribution in [1.29, 1.82) is 0 Å². The third kappa shape index (κ3) is 4.65. The van der Waals surface area contributed by atoms with Gasteiger partial charge in [0.15, 0.2) is 5.82 Å². The molecule has 8 nitrogen and oxygen atoms in total. The molecule has 1 fully saturated rings. The summed E-state index contributed by atoms with van der Waals surface area (Å²) >= 11 is 0. The number of anilines is 1. The maximum Gasteiger partial charge on any atom is 0.255 e. The van der Waals surface area contributed by atoms with E-state index in [9.17, 15) is 13.2 Å². The van der Waals surface area contributed by atoms with Crippen LogP contribution < -0.4 is 4.72 Å². The molecule has 1 aromatic carbocycles. The number of piperidine rings is 1. The third-order valence-electron chi connectivity index (χ3n) is 4.73. The van der Waals surface area contributed by atoms with Crippen LogP contribution in [0.15, 0.2) is 18.2 Å². The molecule has 27 heavy (non-hydrogen) atoms. The third-order valence-corrected chi connectivity index (χ3v) is 5.32. The molecule has 1 amide bonds. The topological polar surface area (TPSA) is 108 Å². The number of hydrogen-bond acceptors (Lipinski definition) is 5. The van der Waals surface area contributed by atoms with E-state index >= 15 is 0 Å². The van der Waals surface area contributed by atoms with Crippen LogP contribution in [0.5, 0.6) is 0 Å². The van der Waals surface area contributed by atoms with Gasteiger partial charge in [0.25, 0.3) is 5.91 Å². The highest BCUT2D eigenvalue weighted by Crippen LogP contribution is 2.28. The maximum absolute atomic E-state index is 13.0. The Morgan fingerprint density at radius 1 is 1.33 bits per heavy atom. The number of nitrogens with zero attached hydrogens (tertiary/aromatic N) is 3. The number of sulfonamides is 1. The molecule has 1 aliphatic rings. The zero-order chi connectivity index (χ0) is 19.6. The summed E-state index contributed by atoms with van der Waals surface area (Å²) in [4.78, 5) is 19.3. The Hall–Kier alpha value is -2.42. The zero-order valence-corrected chi connectivity index (χ0v) is 16.6. The fraction of sp³-hybridized carbons (Fsp3) is 0.500. The normalized spacial score (nSPS) is 15.7. The number of hydrogen-bond donors (Lipinski definition) is 2. The SMILES string of the molecule is CCc1nc(C2CCN(C(=O)c3cc(C)ccc3NS(C)(=O)=O)CC2)n[nH]1. The van der Waals surface area contributed by atoms with Crippen molar-refractivity contribution < 1.29 is 13.2 Å². The van der Waals surface area contributed by atoms with Crippen molar-refractivity contribution in [3.8, 4) is 0 Å². The van der Waals surface area contributed by atoms with Crippen molar-refractivity contribution >= 4 is 21.6 Å². The van der Waals surface area contributed by atoms with E-state index in [0.717, 1.165) is 42.7 Å². The van der Waals surface area contributed by atoms with Crippen LogP contribution in [0.1, 0.15) is 53.3 Å². The number of rotatable bonds is 5. The van der Waals surface area contributed by atoms with Crippen molar-refractivity contribution in [2.24, 2.45) is 0 Å². The standard InChI is InChI=1S/C18H25N5O3S/c1-4-16-19-17(21-20-16)13-7-9-23(10-8-13)18(24)14-11-12(2)5-6-15(14)22-27(3,25)26/h5-6,11,13,22H,4,7-10H2,1-3H3,(H,19,20,21). The number of aromatic amines is 1. The van der Waals surface area contributed by atoms with Gasteiger partial charge in [-0.15, -0.1) is 0 Å². The highest BCUT2D eigenvalue weighted by atomic mass is 32.2. The predicted molar refractivity (Wildman–Crippen MR) is 103 cm³/mol. The van der Waals surface area contributed by atoms with E-state index in [1.165, 1.54) is 0 Å². The summed E-state index contributed by atoms with van der Waals surface area (Å²) < 4.78 is 25.7. The van der Waals surface area contributed by atoms with E-state index in [1.807, 2.05) is 13.8 Å². The van der Waals surface area contributed by atoms with Gasteiger partial charge < -0.3 is 4.90 Å². The highest BCUT2D eigenvalue weighted by Gasteiger charge is 2.28. The molecule has 0 bridgehead atoms. The van der Waals surface area contributed by atoms with Crippen molar-refractivity contribution in [2.45, 2.75) is 39.0 Å². The second-order valence-corrected chi connectivity index (χ2v) is 8.73. The number of likely N-dealkylation sites (tertiary alicyclic amines) is 1. The monoisotopic (exact) mass is 391 g/mol. The summed E-state index contributed by atoms with van der Waals surface area (Å²) in [5.74, 6) is 1.76. The van der Waals surface area contributed by atoms with Crippen LogP contribution in [0.4, 0.5) is 5.69 Å². The van der Waals surface area contributed by atoms with Crippen molar-refractivity contribution in [3.63, 3.8) is 0 Å². The summed E-state index contributed by atoms with van der Waals surface area (Å²) in [6.45, 7) is 5.08. The Morgan fingerprint density at radius 3 is 2.63 bits per heavy atom. The second kappa shape index (κ2) is 7.67. The molecule has 1 saturated heterocycles. The van der Waals surface area contributed by atoms with Gasteiger partial charge in [0.1, 0.15) is 5.82 Å². The van der Waals surface area contributed by atoms with Gasteiger partial charge in [-0.25, -0.2) is 13.4 Å². The molecule has 9 heteroatoms. The Balaban J connectivity index is 1.73. The molecule has 0 atom stereocenters. The summed E-state index contributed by atoms with van der Waals surface area (Å²) in [6.07, 6.45) is 3.46. The van der Waals surface area contributed by atoms with Gasteiger partial charge in [-0.1, -0.05) is 18.6 Å². The minimum atomic E-state index is -3.46. The van der Waals surface area contributed by atoms with Crippen LogP contribution >= 0.6 is 0 Å². The fourth-order valence-electron chi connectivity index (χ4n) is 3.29. The number of carbonyl (C=O) groups is 1. The van der Waals surface area contributed by atoms with Gasteiger partial charge in [0, 0.05) is 25.4 Å². The van der Waals surface area contributed by atoms with E-state index in [-0.39, 0.29) is 11.8 Å². The molecule has 0 aliphatic carbocycles. The quantitative estimate of drug-likeness (QED) is 0.811. The average molecular weight is 391 g/mol. The van der Waals surface area contributed by atoms with Gasteiger partial charge in [0.2, 0.25) is 10.0 Å². The summed E-state index contributed by atoms with van der Waals surface area (Å²) in [5, 5.41) is 7.23. The molecule has 2 N–H and O–H groups in total. The molecule has 2 aromatic rings. The average Bonchev–Trinajstić information content (AvgIpc) is 3.11. The number of carbonyl (C=O) groups excluding carboxylic acids is 1. The molecule has 0 saturated carbocycles. The minimum Gasteiger partial charge on any atom is -0.339 e. The first kappa shape index (κ1) is 19.3. The van der Waals surface area contributed by atoms with Crippen molar-refractivity contribution in [3.05, 3.63) is 41.0 Å². The molecule has 0 spiro atoms. The van der Waals surface area contributed by atoms with Crippen LogP contribution in [-0.4, -0.2) is 53.8 Å². The number of benzene rings is 1. The van der Waals surface area contributed by atoms with Gasteiger partial charge in [-0.2, -0.15) is 5.10 Å². The number of aryl methyl sites for hydroxylation is 2. The smallest absolute Gasteiger partial charge is 0.255 e. The lowest BCUT2D eigenvalue weighted by atomic mass is 9.95. The molecule has 1 aromatic heterocycles. The lowest BCUT2D eigenvalue weighted by molar-refractivity contribution is 0.0712. The van der Waals surface area contributed by atoms with Gasteiger partial charge in [-0.3, -0.25) is 14.6 Å². The number of H-pyrrole nitrogens is 1.